The number of nitrogens with zero attached hydrogens (tertiary/aromatic N) is 1. The van der Waals surface area contributed by atoms with E-state index in [1.165, 1.54) is 12.0 Å². The predicted octanol–water partition coefficient (Wildman–Crippen LogP) is 2.17. The van der Waals surface area contributed by atoms with Gasteiger partial charge in [0.25, 0.3) is 0 Å². The van der Waals surface area contributed by atoms with E-state index in [-0.39, 0.29) is 13.3 Å². The van der Waals surface area contributed by atoms with Crippen LogP contribution in [-0.4, -0.2) is 49.1 Å². The molecule has 0 aliphatic heterocycles. The first-order chi connectivity index (χ1) is 8.76. The highest BCUT2D eigenvalue weighted by Crippen LogP contribution is 2.14. The molecule has 0 aromatic heterocycles. The number of rotatable bonds is 6. The summed E-state index contributed by atoms with van der Waals surface area (Å²) in [5.41, 5.74) is -0.629. The molecule has 6 heteroatoms. The molecule has 0 saturated heterocycles. The van der Waals surface area contributed by atoms with Crippen LogP contribution in [0.5, 0.6) is 0 Å². The Balaban J connectivity index is 4.94. The molecule has 0 heterocycles. The van der Waals surface area contributed by atoms with Crippen molar-refractivity contribution in [2.24, 2.45) is 0 Å². The van der Waals surface area contributed by atoms with Gasteiger partial charge in [-0.15, -0.1) is 0 Å². The van der Waals surface area contributed by atoms with E-state index in [1.54, 1.807) is 34.6 Å². The number of amides is 1. The highest BCUT2D eigenvalue weighted by molar-refractivity contribution is 5.81. The Kier molecular flexibility index (Phi) is 7.44. The Labute approximate surface area is 115 Å². The summed E-state index contributed by atoms with van der Waals surface area (Å²) >= 11 is 0. The van der Waals surface area contributed by atoms with E-state index in [2.05, 4.69) is 0 Å². The molecular weight excluding hydrogens is 250 g/mol. The SMILES string of the molecule is CCOC(=O)[C@H](CC)N(COC)C(=O)OC(C)(C)C. The second-order valence-corrected chi connectivity index (χ2v) is 5.04. The molecule has 0 spiro atoms. The third kappa shape index (κ3) is 6.42. The molecule has 0 radical (unpaired) electrons. The Bertz CT molecular complexity index is 298. The molecule has 0 saturated carbocycles. The predicted molar refractivity (Wildman–Crippen MR) is 70.7 cm³/mol. The molecule has 1 amide bonds. The summed E-state index contributed by atoms with van der Waals surface area (Å²) in [6.45, 7) is 9.06. The van der Waals surface area contributed by atoms with Gasteiger partial charge in [-0.25, -0.2) is 9.59 Å². The molecule has 0 bridgehead atoms. The molecule has 19 heavy (non-hydrogen) atoms. The summed E-state index contributed by atoms with van der Waals surface area (Å²) in [5.74, 6) is -0.451. The molecule has 0 aromatic carbocycles. The van der Waals surface area contributed by atoms with Crippen molar-refractivity contribution in [1.82, 2.24) is 4.90 Å². The molecule has 0 aromatic rings. The van der Waals surface area contributed by atoms with Crippen molar-refractivity contribution in [3.05, 3.63) is 0 Å². The van der Waals surface area contributed by atoms with Crippen molar-refractivity contribution in [1.29, 1.82) is 0 Å². The second kappa shape index (κ2) is 7.99. The largest absolute Gasteiger partial charge is 0.464 e. The molecule has 0 unspecified atom stereocenters. The van der Waals surface area contributed by atoms with Crippen LogP contribution >= 0.6 is 0 Å². The van der Waals surface area contributed by atoms with Crippen molar-refractivity contribution in [2.45, 2.75) is 52.7 Å². The number of esters is 1. The zero-order chi connectivity index (χ0) is 15.1. The first-order valence-electron chi connectivity index (χ1n) is 6.42. The van der Waals surface area contributed by atoms with Gasteiger partial charge in [-0.05, 0) is 34.1 Å². The Morgan fingerprint density at radius 1 is 1.21 bits per heavy atom. The van der Waals surface area contributed by atoms with Crippen LogP contribution in [-0.2, 0) is 19.0 Å². The van der Waals surface area contributed by atoms with Crippen LogP contribution in [0.15, 0.2) is 0 Å². The van der Waals surface area contributed by atoms with Crippen LogP contribution in [0.4, 0.5) is 4.79 Å². The van der Waals surface area contributed by atoms with Crippen LogP contribution in [0.1, 0.15) is 41.0 Å². The maximum Gasteiger partial charge on any atom is 0.412 e. The van der Waals surface area contributed by atoms with E-state index in [1.807, 2.05) is 0 Å². The minimum atomic E-state index is -0.699. The summed E-state index contributed by atoms with van der Waals surface area (Å²) in [6, 6.07) is -0.699. The third-order valence-electron chi connectivity index (χ3n) is 2.22. The van der Waals surface area contributed by atoms with Gasteiger partial charge in [0.15, 0.2) is 0 Å². The van der Waals surface area contributed by atoms with Gasteiger partial charge in [-0.2, -0.15) is 0 Å². The van der Waals surface area contributed by atoms with Crippen LogP contribution in [0, 0.1) is 0 Å². The maximum atomic E-state index is 12.1. The van der Waals surface area contributed by atoms with Gasteiger partial charge in [0.05, 0.1) is 6.61 Å². The topological polar surface area (TPSA) is 65.1 Å². The minimum Gasteiger partial charge on any atom is -0.464 e. The first kappa shape index (κ1) is 17.7. The van der Waals surface area contributed by atoms with Gasteiger partial charge in [0.1, 0.15) is 18.4 Å². The van der Waals surface area contributed by atoms with Gasteiger partial charge in [0, 0.05) is 7.11 Å². The molecule has 0 N–H and O–H groups in total. The van der Waals surface area contributed by atoms with Gasteiger partial charge < -0.3 is 14.2 Å². The standard InChI is InChI=1S/C13H25NO5/c1-7-10(11(15)18-8-2)14(9-17-6)12(16)19-13(3,4)5/h10H,7-9H2,1-6H3/t10-/m0/s1. The number of ether oxygens (including phenoxy) is 3. The van der Waals surface area contributed by atoms with Gasteiger partial charge >= 0.3 is 12.1 Å². The fraction of sp³-hybridized carbons (Fsp3) is 0.846. The van der Waals surface area contributed by atoms with Crippen LogP contribution in [0.2, 0.25) is 0 Å². The highest BCUT2D eigenvalue weighted by atomic mass is 16.6. The molecule has 0 aliphatic carbocycles. The van der Waals surface area contributed by atoms with Crippen molar-refractivity contribution in [2.75, 3.05) is 20.4 Å². The highest BCUT2D eigenvalue weighted by Gasteiger charge is 2.32. The zero-order valence-corrected chi connectivity index (χ0v) is 12.7. The van der Waals surface area contributed by atoms with E-state index >= 15 is 0 Å². The van der Waals surface area contributed by atoms with E-state index in [4.69, 9.17) is 14.2 Å². The van der Waals surface area contributed by atoms with E-state index in [9.17, 15) is 9.59 Å². The fourth-order valence-electron chi connectivity index (χ4n) is 1.48. The Hall–Kier alpha value is -1.30. The first-order valence-corrected chi connectivity index (χ1v) is 6.42. The minimum absolute atomic E-state index is 0.0216. The average molecular weight is 275 g/mol. The van der Waals surface area contributed by atoms with Gasteiger partial charge in [0.2, 0.25) is 0 Å². The molecule has 0 rings (SSSR count). The number of hydrogen-bond donors (Lipinski definition) is 0. The normalized spacial score (nSPS) is 12.7. The van der Waals surface area contributed by atoms with Crippen molar-refractivity contribution >= 4 is 12.1 Å². The molecule has 1 atom stereocenters. The van der Waals surface area contributed by atoms with Gasteiger partial charge in [-0.1, -0.05) is 6.92 Å². The lowest BCUT2D eigenvalue weighted by molar-refractivity contribution is -0.151. The monoisotopic (exact) mass is 275 g/mol. The summed E-state index contributed by atoms with van der Waals surface area (Å²) in [4.78, 5) is 25.1. The number of hydrogen-bond acceptors (Lipinski definition) is 5. The van der Waals surface area contributed by atoms with Crippen molar-refractivity contribution < 1.29 is 23.8 Å². The summed E-state index contributed by atoms with van der Waals surface area (Å²) in [6.07, 6.45) is -0.157. The number of carbonyl (C=O) groups excluding carboxylic acids is 2. The van der Waals surface area contributed by atoms with Crippen molar-refractivity contribution in [3.8, 4) is 0 Å². The Morgan fingerprint density at radius 2 is 1.79 bits per heavy atom. The smallest absolute Gasteiger partial charge is 0.412 e. The third-order valence-corrected chi connectivity index (χ3v) is 2.22. The van der Waals surface area contributed by atoms with E-state index < -0.39 is 23.7 Å². The lowest BCUT2D eigenvalue weighted by atomic mass is 10.2. The van der Waals surface area contributed by atoms with Gasteiger partial charge in [-0.3, -0.25) is 4.90 Å². The molecule has 0 aliphatic rings. The molecule has 0 fully saturated rings. The lowest BCUT2D eigenvalue weighted by Crippen LogP contribution is -2.48. The summed E-state index contributed by atoms with van der Waals surface area (Å²) in [5, 5.41) is 0. The van der Waals surface area contributed by atoms with Crippen LogP contribution in [0.25, 0.3) is 0 Å². The quantitative estimate of drug-likeness (QED) is 0.549. The molecule has 6 nitrogen and oxygen atoms in total. The molecule has 112 valence electrons. The van der Waals surface area contributed by atoms with Crippen molar-refractivity contribution in [3.63, 3.8) is 0 Å². The van der Waals surface area contributed by atoms with Crippen LogP contribution < -0.4 is 0 Å². The molecular formula is C13H25NO5. The van der Waals surface area contributed by atoms with E-state index in [0.717, 1.165) is 0 Å². The lowest BCUT2D eigenvalue weighted by Gasteiger charge is -2.31. The number of methoxy groups -OCH3 is 1. The maximum absolute atomic E-state index is 12.1. The number of carbonyl (C=O) groups is 2. The van der Waals surface area contributed by atoms with Crippen LogP contribution in [0.3, 0.4) is 0 Å². The summed E-state index contributed by atoms with van der Waals surface area (Å²) < 4.78 is 15.2. The summed E-state index contributed by atoms with van der Waals surface area (Å²) in [7, 11) is 1.45. The average Bonchev–Trinajstić information content (AvgIpc) is 2.27. The second-order valence-electron chi connectivity index (χ2n) is 5.04. The fourth-order valence-corrected chi connectivity index (χ4v) is 1.48. The van der Waals surface area contributed by atoms with E-state index in [0.29, 0.717) is 6.42 Å². The zero-order valence-electron chi connectivity index (χ0n) is 12.7. The Morgan fingerprint density at radius 3 is 2.16 bits per heavy atom.